The van der Waals surface area contributed by atoms with Gasteiger partial charge < -0.3 is 11.1 Å². The molecule has 1 aromatic rings. The van der Waals surface area contributed by atoms with Crippen LogP contribution in [-0.4, -0.2) is 25.0 Å². The Bertz CT molecular complexity index is 400. The molecule has 0 heterocycles. The summed E-state index contributed by atoms with van der Waals surface area (Å²) < 4.78 is 0. The van der Waals surface area contributed by atoms with Crippen LogP contribution < -0.4 is 11.1 Å². The van der Waals surface area contributed by atoms with Crippen LogP contribution >= 0.6 is 0 Å². The Morgan fingerprint density at radius 1 is 1.47 bits per heavy atom. The molecule has 0 spiro atoms. The van der Waals surface area contributed by atoms with E-state index in [4.69, 9.17) is 11.3 Å². The first-order valence-corrected chi connectivity index (χ1v) is 5.32. The lowest BCUT2D eigenvalue weighted by atomic mass is 10.1. The van der Waals surface area contributed by atoms with Gasteiger partial charge in [-0.15, -0.1) is 0 Å². The van der Waals surface area contributed by atoms with Gasteiger partial charge in [-0.1, -0.05) is 35.4 Å². The van der Waals surface area contributed by atoms with Crippen molar-refractivity contribution in [2.24, 2.45) is 10.8 Å². The standard InChI is InChI=1S/C11H15N5O/c12-10(8-9-4-2-1-3-5-9)11(17)14-6-7-15-16-13/h1-5,10H,6-8,12H2,(H,14,17). The number of benzene rings is 1. The molecular weight excluding hydrogens is 218 g/mol. The van der Waals surface area contributed by atoms with E-state index >= 15 is 0 Å². The molecule has 0 aromatic heterocycles. The van der Waals surface area contributed by atoms with Crippen molar-refractivity contribution in [1.82, 2.24) is 5.32 Å². The van der Waals surface area contributed by atoms with Crippen molar-refractivity contribution in [3.8, 4) is 0 Å². The maximum atomic E-state index is 11.5. The summed E-state index contributed by atoms with van der Waals surface area (Å²) in [4.78, 5) is 14.1. The summed E-state index contributed by atoms with van der Waals surface area (Å²) in [5, 5.41) is 5.92. The number of rotatable bonds is 6. The monoisotopic (exact) mass is 233 g/mol. The van der Waals surface area contributed by atoms with Crippen molar-refractivity contribution in [2.75, 3.05) is 13.1 Å². The van der Waals surface area contributed by atoms with Crippen molar-refractivity contribution in [1.29, 1.82) is 0 Å². The number of nitrogens with two attached hydrogens (primary N) is 1. The molecule has 0 saturated heterocycles. The van der Waals surface area contributed by atoms with Gasteiger partial charge in [0.15, 0.2) is 0 Å². The predicted molar refractivity (Wildman–Crippen MR) is 65.1 cm³/mol. The Kier molecular flexibility index (Phi) is 5.57. The molecule has 90 valence electrons. The van der Waals surface area contributed by atoms with Crippen molar-refractivity contribution < 1.29 is 4.79 Å². The van der Waals surface area contributed by atoms with Gasteiger partial charge in [0.2, 0.25) is 5.91 Å². The lowest BCUT2D eigenvalue weighted by Gasteiger charge is -2.11. The molecule has 0 saturated carbocycles. The van der Waals surface area contributed by atoms with Gasteiger partial charge >= 0.3 is 0 Å². The highest BCUT2D eigenvalue weighted by molar-refractivity contribution is 5.81. The minimum absolute atomic E-state index is 0.234. The lowest BCUT2D eigenvalue weighted by Crippen LogP contribution is -2.42. The third kappa shape index (κ3) is 5.01. The smallest absolute Gasteiger partial charge is 0.237 e. The highest BCUT2D eigenvalue weighted by Gasteiger charge is 2.12. The predicted octanol–water partition coefficient (Wildman–Crippen LogP) is 0.983. The first-order valence-electron chi connectivity index (χ1n) is 5.32. The number of amides is 1. The Morgan fingerprint density at radius 3 is 2.82 bits per heavy atom. The van der Waals surface area contributed by atoms with E-state index in [2.05, 4.69) is 15.3 Å². The lowest BCUT2D eigenvalue weighted by molar-refractivity contribution is -0.122. The van der Waals surface area contributed by atoms with Crippen molar-refractivity contribution >= 4 is 5.91 Å². The summed E-state index contributed by atoms with van der Waals surface area (Å²) in [5.74, 6) is -0.234. The van der Waals surface area contributed by atoms with Gasteiger partial charge in [-0.25, -0.2) is 0 Å². The molecule has 1 unspecified atom stereocenters. The van der Waals surface area contributed by atoms with Gasteiger partial charge in [-0.3, -0.25) is 4.79 Å². The molecule has 1 atom stereocenters. The van der Waals surface area contributed by atoms with Crippen molar-refractivity contribution in [2.45, 2.75) is 12.5 Å². The van der Waals surface area contributed by atoms with E-state index in [1.54, 1.807) is 0 Å². The van der Waals surface area contributed by atoms with Crippen LogP contribution in [-0.2, 0) is 11.2 Å². The number of carbonyl (C=O) groups excluding carboxylic acids is 1. The van der Waals surface area contributed by atoms with E-state index in [1.807, 2.05) is 30.3 Å². The first-order chi connectivity index (χ1) is 8.24. The molecule has 0 aliphatic carbocycles. The minimum Gasteiger partial charge on any atom is -0.355 e. The van der Waals surface area contributed by atoms with Crippen molar-refractivity contribution in [3.05, 3.63) is 46.3 Å². The van der Waals surface area contributed by atoms with Crippen LogP contribution in [0.5, 0.6) is 0 Å². The molecule has 1 amide bonds. The fourth-order valence-corrected chi connectivity index (χ4v) is 1.37. The molecule has 1 aromatic carbocycles. The topological polar surface area (TPSA) is 104 Å². The maximum Gasteiger partial charge on any atom is 0.237 e. The quantitative estimate of drug-likeness (QED) is 0.331. The SMILES string of the molecule is [N-]=[N+]=NCCNC(=O)C(N)Cc1ccccc1. The van der Waals surface area contributed by atoms with E-state index in [-0.39, 0.29) is 12.5 Å². The summed E-state index contributed by atoms with van der Waals surface area (Å²) in [6.45, 7) is 0.547. The highest BCUT2D eigenvalue weighted by Crippen LogP contribution is 2.01. The molecule has 0 aliphatic heterocycles. The van der Waals surface area contributed by atoms with Crippen molar-refractivity contribution in [3.63, 3.8) is 0 Å². The van der Waals surface area contributed by atoms with Crippen LogP contribution in [0.25, 0.3) is 10.4 Å². The number of nitrogens with one attached hydrogen (secondary N) is 1. The summed E-state index contributed by atoms with van der Waals surface area (Å²) in [5.41, 5.74) is 14.8. The summed E-state index contributed by atoms with van der Waals surface area (Å²) in [7, 11) is 0. The third-order valence-electron chi connectivity index (χ3n) is 2.21. The second-order valence-electron chi connectivity index (χ2n) is 3.54. The van der Waals surface area contributed by atoms with Crippen LogP contribution in [0.1, 0.15) is 5.56 Å². The van der Waals surface area contributed by atoms with Crippen LogP contribution in [0.3, 0.4) is 0 Å². The molecule has 3 N–H and O–H groups in total. The van der Waals surface area contributed by atoms with Crippen LogP contribution in [0, 0.1) is 0 Å². The minimum atomic E-state index is -0.580. The van der Waals surface area contributed by atoms with Gasteiger partial charge in [0.25, 0.3) is 0 Å². The van der Waals surface area contributed by atoms with Crippen LogP contribution in [0.4, 0.5) is 0 Å². The molecule has 0 radical (unpaired) electrons. The second-order valence-corrected chi connectivity index (χ2v) is 3.54. The largest absolute Gasteiger partial charge is 0.355 e. The van der Waals surface area contributed by atoms with Gasteiger partial charge in [0.05, 0.1) is 6.04 Å². The highest BCUT2D eigenvalue weighted by atomic mass is 16.2. The molecule has 6 heteroatoms. The molecule has 6 nitrogen and oxygen atoms in total. The normalized spacial score (nSPS) is 11.4. The second kappa shape index (κ2) is 7.27. The van der Waals surface area contributed by atoms with E-state index in [9.17, 15) is 4.79 Å². The summed E-state index contributed by atoms with van der Waals surface area (Å²) >= 11 is 0. The Morgan fingerprint density at radius 2 is 2.18 bits per heavy atom. The van der Waals surface area contributed by atoms with E-state index in [1.165, 1.54) is 0 Å². The molecule has 0 aliphatic rings. The van der Waals surface area contributed by atoms with E-state index in [0.717, 1.165) is 5.56 Å². The zero-order valence-electron chi connectivity index (χ0n) is 9.41. The van der Waals surface area contributed by atoms with E-state index < -0.39 is 6.04 Å². The maximum absolute atomic E-state index is 11.5. The van der Waals surface area contributed by atoms with Gasteiger partial charge in [0, 0.05) is 18.0 Å². The Labute approximate surface area is 99.4 Å². The van der Waals surface area contributed by atoms with Crippen LogP contribution in [0.15, 0.2) is 35.4 Å². The third-order valence-corrected chi connectivity index (χ3v) is 2.21. The summed E-state index contributed by atoms with van der Waals surface area (Å²) in [6, 6.07) is 8.99. The van der Waals surface area contributed by atoms with Gasteiger partial charge in [-0.05, 0) is 17.5 Å². The molecule has 0 fully saturated rings. The molecule has 17 heavy (non-hydrogen) atoms. The molecule has 1 rings (SSSR count). The molecular formula is C11H15N5O. The van der Waals surface area contributed by atoms with Gasteiger partial charge in [0.1, 0.15) is 0 Å². The summed E-state index contributed by atoms with van der Waals surface area (Å²) in [6.07, 6.45) is 0.494. The zero-order valence-corrected chi connectivity index (χ0v) is 9.41. The number of carbonyl (C=O) groups is 1. The average Bonchev–Trinajstić information content (AvgIpc) is 2.35. The van der Waals surface area contributed by atoms with Gasteiger partial charge in [-0.2, -0.15) is 0 Å². The Balaban J connectivity index is 2.34. The fourth-order valence-electron chi connectivity index (χ4n) is 1.37. The number of nitrogens with zero attached hydrogens (tertiary/aromatic N) is 3. The number of azide groups is 1. The van der Waals surface area contributed by atoms with Crippen LogP contribution in [0.2, 0.25) is 0 Å². The fraction of sp³-hybridized carbons (Fsp3) is 0.364. The Hall–Kier alpha value is -2.04. The number of hydrogen-bond acceptors (Lipinski definition) is 3. The first kappa shape index (κ1) is 13.0. The van der Waals surface area contributed by atoms with E-state index in [0.29, 0.717) is 13.0 Å². The molecule has 0 bridgehead atoms. The zero-order chi connectivity index (χ0) is 12.5. The number of hydrogen-bond donors (Lipinski definition) is 2. The average molecular weight is 233 g/mol.